The minimum absolute atomic E-state index is 0.0369. The molecule has 2 amide bonds. The number of amides is 2. The minimum Gasteiger partial charge on any atom is -0.351 e. The second-order valence-corrected chi connectivity index (χ2v) is 6.71. The van der Waals surface area contributed by atoms with E-state index >= 15 is 0 Å². The molecule has 1 aromatic rings. The minimum atomic E-state index is -0.325. The normalized spacial score (nSPS) is 22.8. The molecule has 1 N–H and O–H groups in total. The summed E-state index contributed by atoms with van der Waals surface area (Å²) in [5.74, 6) is -0.173. The Balaban J connectivity index is 1.46. The monoisotopic (exact) mass is 333 g/mol. The molecular weight excluding hydrogens is 309 g/mol. The van der Waals surface area contributed by atoms with E-state index in [-0.39, 0.29) is 29.7 Å². The van der Waals surface area contributed by atoms with Gasteiger partial charge in [-0.3, -0.25) is 14.5 Å². The zero-order valence-electron chi connectivity index (χ0n) is 14.0. The molecule has 2 aliphatic heterocycles. The molecule has 1 aromatic carbocycles. The van der Waals surface area contributed by atoms with Crippen molar-refractivity contribution in [3.63, 3.8) is 0 Å². The lowest BCUT2D eigenvalue weighted by Gasteiger charge is -2.33. The molecular formula is C18H24FN3O2. The summed E-state index contributed by atoms with van der Waals surface area (Å²) in [6, 6.07) is 6.67. The highest BCUT2D eigenvalue weighted by molar-refractivity contribution is 5.90. The molecule has 2 saturated heterocycles. The number of rotatable bonds is 4. The molecule has 0 bridgehead atoms. The highest BCUT2D eigenvalue weighted by Crippen LogP contribution is 2.19. The van der Waals surface area contributed by atoms with Gasteiger partial charge in [-0.2, -0.15) is 0 Å². The van der Waals surface area contributed by atoms with Crippen LogP contribution >= 0.6 is 0 Å². The predicted molar refractivity (Wildman–Crippen MR) is 88.6 cm³/mol. The van der Waals surface area contributed by atoms with Gasteiger partial charge in [-0.15, -0.1) is 0 Å². The maximum absolute atomic E-state index is 13.7. The van der Waals surface area contributed by atoms with E-state index in [0.717, 1.165) is 25.9 Å². The average molecular weight is 333 g/mol. The van der Waals surface area contributed by atoms with Crippen LogP contribution in [0.1, 0.15) is 31.2 Å². The van der Waals surface area contributed by atoms with Gasteiger partial charge in [0.15, 0.2) is 0 Å². The summed E-state index contributed by atoms with van der Waals surface area (Å²) >= 11 is 0. The zero-order chi connectivity index (χ0) is 17.1. The fourth-order valence-corrected chi connectivity index (χ4v) is 3.51. The highest BCUT2D eigenvalue weighted by atomic mass is 19.1. The number of hydrogen-bond donors (Lipinski definition) is 1. The smallest absolute Gasteiger partial charge is 0.243 e. The molecule has 5 nitrogen and oxygen atoms in total. The molecule has 130 valence electrons. The fourth-order valence-electron chi connectivity index (χ4n) is 3.51. The van der Waals surface area contributed by atoms with Crippen molar-refractivity contribution in [1.82, 2.24) is 15.1 Å². The van der Waals surface area contributed by atoms with E-state index in [0.29, 0.717) is 24.9 Å². The molecule has 2 fully saturated rings. The topological polar surface area (TPSA) is 52.7 Å². The fraction of sp³-hybridized carbons (Fsp3) is 0.556. The first-order chi connectivity index (χ1) is 11.5. The predicted octanol–water partition coefficient (Wildman–Crippen LogP) is 1.53. The van der Waals surface area contributed by atoms with Gasteiger partial charge in [0.05, 0.1) is 0 Å². The van der Waals surface area contributed by atoms with Crippen LogP contribution in [0.5, 0.6) is 0 Å². The lowest BCUT2D eigenvalue weighted by atomic mass is 10.0. The Morgan fingerprint density at radius 1 is 1.25 bits per heavy atom. The molecule has 1 unspecified atom stereocenters. The highest BCUT2D eigenvalue weighted by Gasteiger charge is 2.34. The summed E-state index contributed by atoms with van der Waals surface area (Å²) in [6.45, 7) is 2.27. The quantitative estimate of drug-likeness (QED) is 0.909. The van der Waals surface area contributed by atoms with E-state index < -0.39 is 0 Å². The molecule has 0 radical (unpaired) electrons. The molecule has 6 heteroatoms. The molecule has 2 aliphatic rings. The summed E-state index contributed by atoms with van der Waals surface area (Å²) < 4.78 is 13.7. The molecule has 2 heterocycles. The number of hydrogen-bond acceptors (Lipinski definition) is 3. The number of carbonyl (C=O) groups is 2. The van der Waals surface area contributed by atoms with Gasteiger partial charge in [-0.05, 0) is 25.3 Å². The van der Waals surface area contributed by atoms with Crippen molar-refractivity contribution in [2.45, 2.75) is 44.3 Å². The number of halogens is 1. The molecule has 3 rings (SSSR count). The molecule has 0 aliphatic carbocycles. The van der Waals surface area contributed by atoms with Gasteiger partial charge in [0, 0.05) is 44.7 Å². The number of nitrogens with one attached hydrogen (secondary N) is 1. The summed E-state index contributed by atoms with van der Waals surface area (Å²) in [7, 11) is 1.69. The van der Waals surface area contributed by atoms with Crippen LogP contribution in [0.25, 0.3) is 0 Å². The summed E-state index contributed by atoms with van der Waals surface area (Å²) in [5.41, 5.74) is 0.714. The second kappa shape index (κ2) is 7.30. The summed E-state index contributed by atoms with van der Waals surface area (Å²) in [4.78, 5) is 27.6. The Morgan fingerprint density at radius 2 is 1.96 bits per heavy atom. The van der Waals surface area contributed by atoms with Crippen LogP contribution in [0.4, 0.5) is 4.39 Å². The maximum atomic E-state index is 13.7. The third-order valence-corrected chi connectivity index (χ3v) is 5.08. The van der Waals surface area contributed by atoms with E-state index in [9.17, 15) is 14.0 Å². The van der Waals surface area contributed by atoms with Crippen molar-refractivity contribution < 1.29 is 14.0 Å². The Kier molecular flexibility index (Phi) is 5.14. The largest absolute Gasteiger partial charge is 0.351 e. The van der Waals surface area contributed by atoms with Gasteiger partial charge in [0.2, 0.25) is 11.8 Å². The van der Waals surface area contributed by atoms with Crippen LogP contribution in [0.2, 0.25) is 0 Å². The van der Waals surface area contributed by atoms with Crippen molar-refractivity contribution in [1.29, 1.82) is 0 Å². The number of likely N-dealkylation sites (tertiary alicyclic amines) is 2. The number of benzene rings is 1. The summed E-state index contributed by atoms with van der Waals surface area (Å²) in [6.07, 6.45) is 2.76. The van der Waals surface area contributed by atoms with Gasteiger partial charge in [0.25, 0.3) is 0 Å². The van der Waals surface area contributed by atoms with Crippen molar-refractivity contribution in [3.8, 4) is 0 Å². The van der Waals surface area contributed by atoms with Gasteiger partial charge >= 0.3 is 0 Å². The van der Waals surface area contributed by atoms with Crippen LogP contribution in [-0.2, 0) is 16.1 Å². The maximum Gasteiger partial charge on any atom is 0.243 e. The standard InChI is InChI=1S/C18H24FN3O2/c1-21-16(6-7-17(21)23)18(24)20-14-8-10-22(11-9-14)12-13-4-2-3-5-15(13)19/h2-5,14,16H,6-12H2,1H3,(H,20,24). The van der Waals surface area contributed by atoms with Crippen molar-refractivity contribution in [2.75, 3.05) is 20.1 Å². The van der Waals surface area contributed by atoms with Gasteiger partial charge in [0.1, 0.15) is 11.9 Å². The number of nitrogens with zero attached hydrogens (tertiary/aromatic N) is 2. The molecule has 0 saturated carbocycles. The van der Waals surface area contributed by atoms with Gasteiger partial charge in [-0.25, -0.2) is 4.39 Å². The van der Waals surface area contributed by atoms with Crippen LogP contribution in [-0.4, -0.2) is 53.8 Å². The van der Waals surface area contributed by atoms with E-state index in [1.807, 2.05) is 12.1 Å². The Morgan fingerprint density at radius 3 is 2.58 bits per heavy atom. The zero-order valence-corrected chi connectivity index (χ0v) is 14.0. The van der Waals surface area contributed by atoms with Crippen LogP contribution < -0.4 is 5.32 Å². The number of likely N-dealkylation sites (N-methyl/N-ethyl adjacent to an activating group) is 1. The van der Waals surface area contributed by atoms with Crippen LogP contribution in [0, 0.1) is 5.82 Å². The van der Waals surface area contributed by atoms with Crippen LogP contribution in [0.3, 0.4) is 0 Å². The first-order valence-corrected chi connectivity index (χ1v) is 8.56. The first-order valence-electron chi connectivity index (χ1n) is 8.56. The van der Waals surface area contributed by atoms with Crippen molar-refractivity contribution in [2.24, 2.45) is 0 Å². The molecule has 0 aromatic heterocycles. The molecule has 24 heavy (non-hydrogen) atoms. The lowest BCUT2D eigenvalue weighted by molar-refractivity contribution is -0.134. The molecule has 0 spiro atoms. The Hall–Kier alpha value is -1.95. The van der Waals surface area contributed by atoms with Crippen molar-refractivity contribution in [3.05, 3.63) is 35.6 Å². The lowest BCUT2D eigenvalue weighted by Crippen LogP contribution is -2.50. The van der Waals surface area contributed by atoms with E-state index in [2.05, 4.69) is 10.2 Å². The van der Waals surface area contributed by atoms with Gasteiger partial charge < -0.3 is 10.2 Å². The Labute approximate surface area is 141 Å². The third kappa shape index (κ3) is 3.75. The number of piperidine rings is 1. The average Bonchev–Trinajstić information content (AvgIpc) is 2.91. The van der Waals surface area contributed by atoms with E-state index in [4.69, 9.17) is 0 Å². The molecule has 1 atom stereocenters. The first kappa shape index (κ1) is 16.9. The Bertz CT molecular complexity index is 614. The summed E-state index contributed by atoms with van der Waals surface area (Å²) in [5, 5.41) is 3.07. The second-order valence-electron chi connectivity index (χ2n) is 6.71. The number of carbonyl (C=O) groups excluding carboxylic acids is 2. The SMILES string of the molecule is CN1C(=O)CCC1C(=O)NC1CCN(Cc2ccccc2F)CC1. The van der Waals surface area contributed by atoms with Crippen molar-refractivity contribution >= 4 is 11.8 Å². The van der Waals surface area contributed by atoms with Crippen LogP contribution in [0.15, 0.2) is 24.3 Å². The van der Waals surface area contributed by atoms with E-state index in [1.54, 1.807) is 18.0 Å². The van der Waals surface area contributed by atoms with Gasteiger partial charge in [-0.1, -0.05) is 18.2 Å². The van der Waals surface area contributed by atoms with E-state index in [1.165, 1.54) is 6.07 Å². The third-order valence-electron chi connectivity index (χ3n) is 5.08.